The number of aliphatic imine (C=N–C) groups is 1. The fourth-order valence-electron chi connectivity index (χ4n) is 3.01. The van der Waals surface area contributed by atoms with Gasteiger partial charge in [-0.25, -0.2) is 0 Å². The number of nitrogens with zero attached hydrogens (tertiary/aromatic N) is 2. The second-order valence-corrected chi connectivity index (χ2v) is 6.43. The molecule has 0 spiro atoms. The van der Waals surface area contributed by atoms with Gasteiger partial charge in [-0.1, -0.05) is 29.8 Å². The summed E-state index contributed by atoms with van der Waals surface area (Å²) in [6.07, 6.45) is 0.982. The van der Waals surface area contributed by atoms with Crippen LogP contribution in [0.2, 0.25) is 5.02 Å². The SMILES string of the molecule is COc1cccc(NC(N)=NCCN2CCc3c(Cl)cccc3C2)c1.I. The lowest BCUT2D eigenvalue weighted by atomic mass is 10.00. The third-order valence-electron chi connectivity index (χ3n) is 4.33. The average Bonchev–Trinajstić information content (AvgIpc) is 2.62. The molecule has 26 heavy (non-hydrogen) atoms. The van der Waals surface area contributed by atoms with Gasteiger partial charge in [0, 0.05) is 36.4 Å². The van der Waals surface area contributed by atoms with Gasteiger partial charge in [-0.05, 0) is 35.7 Å². The summed E-state index contributed by atoms with van der Waals surface area (Å²) in [6.45, 7) is 3.43. The molecule has 0 aromatic heterocycles. The second-order valence-electron chi connectivity index (χ2n) is 6.03. The molecule has 0 bridgehead atoms. The first-order valence-corrected chi connectivity index (χ1v) is 8.73. The largest absolute Gasteiger partial charge is 0.497 e. The number of hydrogen-bond donors (Lipinski definition) is 2. The molecule has 2 aromatic carbocycles. The van der Waals surface area contributed by atoms with Gasteiger partial charge in [0.1, 0.15) is 5.75 Å². The topological polar surface area (TPSA) is 62.9 Å². The second kappa shape index (κ2) is 9.99. The van der Waals surface area contributed by atoms with Crippen molar-refractivity contribution in [3.05, 3.63) is 58.6 Å². The molecule has 0 radical (unpaired) electrons. The Bertz CT molecular complexity index is 769. The third kappa shape index (κ3) is 5.49. The molecule has 0 unspecified atom stereocenters. The van der Waals surface area contributed by atoms with Gasteiger partial charge in [0.2, 0.25) is 0 Å². The zero-order valence-corrected chi connectivity index (χ0v) is 17.8. The quantitative estimate of drug-likeness (QED) is 0.384. The number of guanidine groups is 1. The lowest BCUT2D eigenvalue weighted by Crippen LogP contribution is -2.33. The van der Waals surface area contributed by atoms with Crippen LogP contribution >= 0.6 is 35.6 Å². The number of methoxy groups -OCH3 is 1. The van der Waals surface area contributed by atoms with Crippen LogP contribution in [-0.4, -0.2) is 37.6 Å². The number of ether oxygens (including phenoxy) is 1. The summed E-state index contributed by atoms with van der Waals surface area (Å²) >= 11 is 6.26. The summed E-state index contributed by atoms with van der Waals surface area (Å²) in [6, 6.07) is 13.7. The maximum absolute atomic E-state index is 6.26. The number of halogens is 2. The van der Waals surface area contributed by atoms with Gasteiger partial charge < -0.3 is 15.8 Å². The molecule has 0 atom stereocenters. The van der Waals surface area contributed by atoms with Gasteiger partial charge >= 0.3 is 0 Å². The van der Waals surface area contributed by atoms with Gasteiger partial charge in [-0.2, -0.15) is 0 Å². The molecule has 1 aliphatic rings. The lowest BCUT2D eigenvalue weighted by molar-refractivity contribution is 0.262. The monoisotopic (exact) mass is 486 g/mol. The van der Waals surface area contributed by atoms with Crippen LogP contribution in [0.1, 0.15) is 11.1 Å². The Balaban J connectivity index is 0.00000243. The summed E-state index contributed by atoms with van der Waals surface area (Å²) in [5, 5.41) is 3.97. The minimum atomic E-state index is 0. The Morgan fingerprint density at radius 1 is 1.31 bits per heavy atom. The lowest BCUT2D eigenvalue weighted by Gasteiger charge is -2.28. The number of fused-ring (bicyclic) bond motifs is 1. The van der Waals surface area contributed by atoms with Crippen LogP contribution in [0.5, 0.6) is 5.75 Å². The Labute approximate surface area is 176 Å². The molecule has 140 valence electrons. The molecule has 7 heteroatoms. The summed E-state index contributed by atoms with van der Waals surface area (Å²) in [7, 11) is 1.64. The molecule has 3 N–H and O–H groups in total. The number of anilines is 1. The molecule has 3 rings (SSSR count). The Kier molecular flexibility index (Phi) is 7.99. The van der Waals surface area contributed by atoms with E-state index in [4.69, 9.17) is 22.1 Å². The van der Waals surface area contributed by atoms with E-state index in [2.05, 4.69) is 21.3 Å². The molecule has 0 aliphatic carbocycles. The summed E-state index contributed by atoms with van der Waals surface area (Å²) < 4.78 is 5.20. The molecule has 1 heterocycles. The highest BCUT2D eigenvalue weighted by Gasteiger charge is 2.17. The normalized spacial score (nSPS) is 14.3. The minimum absolute atomic E-state index is 0. The van der Waals surface area contributed by atoms with Crippen LogP contribution in [0, 0.1) is 0 Å². The van der Waals surface area contributed by atoms with Crippen molar-refractivity contribution in [1.29, 1.82) is 0 Å². The zero-order valence-electron chi connectivity index (χ0n) is 14.7. The predicted molar refractivity (Wildman–Crippen MR) is 119 cm³/mol. The van der Waals surface area contributed by atoms with Crippen molar-refractivity contribution in [3.8, 4) is 5.75 Å². The number of nitrogens with two attached hydrogens (primary N) is 1. The van der Waals surface area contributed by atoms with Crippen molar-refractivity contribution < 1.29 is 4.74 Å². The average molecular weight is 487 g/mol. The van der Waals surface area contributed by atoms with Crippen molar-refractivity contribution in [2.24, 2.45) is 10.7 Å². The van der Waals surface area contributed by atoms with Crippen LogP contribution in [0.3, 0.4) is 0 Å². The van der Waals surface area contributed by atoms with E-state index in [9.17, 15) is 0 Å². The van der Waals surface area contributed by atoms with E-state index in [0.29, 0.717) is 12.5 Å². The van der Waals surface area contributed by atoms with Crippen LogP contribution in [0.25, 0.3) is 0 Å². The zero-order chi connectivity index (χ0) is 17.6. The summed E-state index contributed by atoms with van der Waals surface area (Å²) in [4.78, 5) is 6.79. The molecular weight excluding hydrogens is 463 g/mol. The van der Waals surface area contributed by atoms with Crippen molar-refractivity contribution in [1.82, 2.24) is 4.90 Å². The molecule has 2 aromatic rings. The third-order valence-corrected chi connectivity index (χ3v) is 4.68. The van der Waals surface area contributed by atoms with E-state index in [-0.39, 0.29) is 24.0 Å². The van der Waals surface area contributed by atoms with Crippen LogP contribution in [0.4, 0.5) is 5.69 Å². The highest BCUT2D eigenvalue weighted by molar-refractivity contribution is 14.0. The molecule has 1 aliphatic heterocycles. The van der Waals surface area contributed by atoms with E-state index in [1.54, 1.807) is 7.11 Å². The van der Waals surface area contributed by atoms with E-state index >= 15 is 0 Å². The van der Waals surface area contributed by atoms with Gasteiger partial charge in [0.25, 0.3) is 0 Å². The van der Waals surface area contributed by atoms with Crippen LogP contribution in [-0.2, 0) is 13.0 Å². The standard InChI is InChI=1S/C19H23ClN4O.HI/c1-25-16-6-3-5-15(12-16)23-19(21)22-9-11-24-10-8-17-14(13-24)4-2-7-18(17)20;/h2-7,12H,8-11,13H2,1H3,(H3,21,22,23);1H. The van der Waals surface area contributed by atoms with Crippen molar-refractivity contribution in [2.75, 3.05) is 32.1 Å². The molecular formula is C19H24ClIN4O. The molecule has 0 amide bonds. The first-order chi connectivity index (χ1) is 12.2. The Morgan fingerprint density at radius 3 is 2.92 bits per heavy atom. The molecule has 0 fully saturated rings. The van der Waals surface area contributed by atoms with E-state index in [1.165, 1.54) is 11.1 Å². The molecule has 5 nitrogen and oxygen atoms in total. The Morgan fingerprint density at radius 2 is 2.12 bits per heavy atom. The van der Waals surface area contributed by atoms with Crippen molar-refractivity contribution in [3.63, 3.8) is 0 Å². The van der Waals surface area contributed by atoms with Gasteiger partial charge in [0.15, 0.2) is 5.96 Å². The highest BCUT2D eigenvalue weighted by atomic mass is 127. The predicted octanol–water partition coefficient (Wildman–Crippen LogP) is 3.75. The first kappa shape index (κ1) is 20.8. The van der Waals surface area contributed by atoms with Gasteiger partial charge in [-0.3, -0.25) is 9.89 Å². The van der Waals surface area contributed by atoms with Crippen LogP contribution in [0.15, 0.2) is 47.5 Å². The summed E-state index contributed by atoms with van der Waals surface area (Å²) in [5.41, 5.74) is 9.43. The van der Waals surface area contributed by atoms with Crippen LogP contribution < -0.4 is 15.8 Å². The number of rotatable bonds is 5. The number of hydrogen-bond acceptors (Lipinski definition) is 3. The first-order valence-electron chi connectivity index (χ1n) is 8.35. The number of nitrogens with one attached hydrogen (secondary N) is 1. The number of benzene rings is 2. The fraction of sp³-hybridized carbons (Fsp3) is 0.316. The summed E-state index contributed by atoms with van der Waals surface area (Å²) in [5.74, 6) is 1.19. The van der Waals surface area contributed by atoms with Gasteiger partial charge in [-0.15, -0.1) is 24.0 Å². The van der Waals surface area contributed by atoms with Gasteiger partial charge in [0.05, 0.1) is 13.7 Å². The smallest absolute Gasteiger partial charge is 0.193 e. The van der Waals surface area contributed by atoms with E-state index < -0.39 is 0 Å². The Hall–Kier alpha value is -1.51. The van der Waals surface area contributed by atoms with E-state index in [1.807, 2.05) is 36.4 Å². The highest BCUT2D eigenvalue weighted by Crippen LogP contribution is 2.25. The molecule has 0 saturated carbocycles. The fourth-order valence-corrected chi connectivity index (χ4v) is 3.30. The van der Waals surface area contributed by atoms with E-state index in [0.717, 1.165) is 42.5 Å². The maximum Gasteiger partial charge on any atom is 0.193 e. The minimum Gasteiger partial charge on any atom is -0.497 e. The van der Waals surface area contributed by atoms with Crippen molar-refractivity contribution in [2.45, 2.75) is 13.0 Å². The van der Waals surface area contributed by atoms with Crippen molar-refractivity contribution >= 4 is 47.2 Å². The maximum atomic E-state index is 6.26. The molecule has 0 saturated heterocycles.